The summed E-state index contributed by atoms with van der Waals surface area (Å²) in [5.41, 5.74) is 9.79. The summed E-state index contributed by atoms with van der Waals surface area (Å²) in [6.07, 6.45) is 13.9. The zero-order valence-electron chi connectivity index (χ0n) is 30.9. The fourth-order valence-electron chi connectivity index (χ4n) is 8.06. The van der Waals surface area contributed by atoms with Crippen LogP contribution < -0.4 is 20.1 Å². The minimum absolute atomic E-state index is 0.0931. The van der Waals surface area contributed by atoms with Crippen molar-refractivity contribution >= 4 is 18.2 Å². The van der Waals surface area contributed by atoms with Crippen molar-refractivity contribution in [3.8, 4) is 0 Å². The van der Waals surface area contributed by atoms with Crippen LogP contribution in [0.3, 0.4) is 0 Å². The number of fused-ring (bicyclic) bond motifs is 2. The molecule has 3 aliphatic rings. The lowest BCUT2D eigenvalue weighted by molar-refractivity contribution is -0.137. The van der Waals surface area contributed by atoms with Gasteiger partial charge in [-0.05, 0) is 79.8 Å². The second-order valence-corrected chi connectivity index (χ2v) is 15.3. The molecular formula is C43H58N3O2-. The number of carboxylic acids is 1. The Kier molecular flexibility index (Phi) is 10.7. The molecule has 5 heteroatoms. The first-order valence-corrected chi connectivity index (χ1v) is 18.4. The molecule has 1 N–H and O–H groups in total. The van der Waals surface area contributed by atoms with Crippen LogP contribution >= 0.6 is 0 Å². The zero-order valence-corrected chi connectivity index (χ0v) is 30.9. The van der Waals surface area contributed by atoms with E-state index in [4.69, 9.17) is 5.32 Å². The number of aryl methyl sites for hydroxylation is 1. The molecule has 0 radical (unpaired) electrons. The van der Waals surface area contributed by atoms with Crippen LogP contribution in [0.15, 0.2) is 71.1 Å². The van der Waals surface area contributed by atoms with Crippen molar-refractivity contribution in [3.05, 3.63) is 110 Å². The molecule has 0 fully saturated rings. The largest absolute Gasteiger partial charge is 0.673 e. The molecule has 5 rings (SSSR count). The van der Waals surface area contributed by atoms with Gasteiger partial charge in [0.25, 0.3) is 5.97 Å². The lowest BCUT2D eigenvalue weighted by Gasteiger charge is -2.39. The highest BCUT2D eigenvalue weighted by atomic mass is 16.4. The van der Waals surface area contributed by atoms with Crippen LogP contribution in [0.4, 0.5) is 5.69 Å². The van der Waals surface area contributed by atoms with Gasteiger partial charge in [-0.2, -0.15) is 0 Å². The third-order valence-electron chi connectivity index (χ3n) is 10.9. The van der Waals surface area contributed by atoms with Gasteiger partial charge in [-0.3, -0.25) is 4.79 Å². The number of anilines is 1. The van der Waals surface area contributed by atoms with Crippen LogP contribution in [0.2, 0.25) is 0 Å². The van der Waals surface area contributed by atoms with E-state index in [0.717, 1.165) is 81.8 Å². The average Bonchev–Trinajstić information content (AvgIpc) is 3.38. The van der Waals surface area contributed by atoms with E-state index >= 15 is 0 Å². The SMILES string of the molecule is C=c1ccc2c(c1)C(C)(C)[C-](CCC1=C([N-]C(C)C(=O)O)/C(=C/C=C3\N(CCCC)c4ccc(C)cc4C3(C)C)CCC1)[N+]=2CCCC. The second-order valence-electron chi connectivity index (χ2n) is 15.3. The van der Waals surface area contributed by atoms with Gasteiger partial charge in [0.15, 0.2) is 0 Å². The van der Waals surface area contributed by atoms with E-state index in [0.29, 0.717) is 0 Å². The first kappa shape index (κ1) is 35.6. The molecule has 2 aromatic carbocycles. The molecule has 0 amide bonds. The molecule has 1 atom stereocenters. The molecule has 0 saturated heterocycles. The van der Waals surface area contributed by atoms with E-state index in [2.05, 4.69) is 113 Å². The molecule has 1 aliphatic carbocycles. The predicted molar refractivity (Wildman–Crippen MR) is 202 cm³/mol. The van der Waals surface area contributed by atoms with Gasteiger partial charge in [0.1, 0.15) is 6.54 Å². The fraction of sp³-hybridized carbons (Fsp3) is 0.512. The minimum atomic E-state index is -0.880. The number of carbonyl (C=O) groups is 1. The van der Waals surface area contributed by atoms with E-state index in [1.165, 1.54) is 50.6 Å². The quantitative estimate of drug-likeness (QED) is 0.174. The Morgan fingerprint density at radius 3 is 2.52 bits per heavy atom. The van der Waals surface area contributed by atoms with Crippen LogP contribution in [0.1, 0.15) is 123 Å². The van der Waals surface area contributed by atoms with Gasteiger partial charge in [0, 0.05) is 35.8 Å². The van der Waals surface area contributed by atoms with Gasteiger partial charge >= 0.3 is 0 Å². The topological polar surface area (TPSA) is 57.7 Å². The van der Waals surface area contributed by atoms with Crippen molar-refractivity contribution in [2.45, 2.75) is 130 Å². The van der Waals surface area contributed by atoms with E-state index in [1.54, 1.807) is 6.92 Å². The fourth-order valence-corrected chi connectivity index (χ4v) is 8.06. The van der Waals surface area contributed by atoms with Crippen LogP contribution in [-0.4, -0.2) is 30.2 Å². The second kappa shape index (κ2) is 14.4. The highest BCUT2D eigenvalue weighted by Crippen LogP contribution is 2.49. The molecule has 0 spiro atoms. The van der Waals surface area contributed by atoms with Crippen LogP contribution in [0.25, 0.3) is 11.9 Å². The lowest BCUT2D eigenvalue weighted by Crippen LogP contribution is -2.34. The van der Waals surface area contributed by atoms with Crippen molar-refractivity contribution in [1.82, 2.24) is 4.58 Å². The average molecular weight is 649 g/mol. The Bertz CT molecular complexity index is 1740. The molecule has 2 aromatic rings. The van der Waals surface area contributed by atoms with E-state index in [1.807, 2.05) is 0 Å². The molecule has 5 nitrogen and oxygen atoms in total. The number of benzene rings is 2. The lowest BCUT2D eigenvalue weighted by atomic mass is 9.76. The van der Waals surface area contributed by atoms with Crippen molar-refractivity contribution in [2.75, 3.05) is 18.0 Å². The van der Waals surface area contributed by atoms with Gasteiger partial charge in [0.05, 0.1) is 5.36 Å². The van der Waals surface area contributed by atoms with Gasteiger partial charge in [-0.15, -0.1) is 5.70 Å². The molecule has 2 heterocycles. The van der Waals surface area contributed by atoms with Crippen LogP contribution in [-0.2, 0) is 15.6 Å². The summed E-state index contributed by atoms with van der Waals surface area (Å²) in [6.45, 7) is 24.0. The highest BCUT2D eigenvalue weighted by molar-refractivity contribution is 5.77. The number of hydrogen-bond acceptors (Lipinski definition) is 2. The molecule has 1 unspecified atom stereocenters. The maximum absolute atomic E-state index is 12.1. The first-order chi connectivity index (χ1) is 22.8. The summed E-state index contributed by atoms with van der Waals surface area (Å²) in [7, 11) is 0. The summed E-state index contributed by atoms with van der Waals surface area (Å²) in [5.74, 6) is -0.880. The maximum Gasteiger partial charge on any atom is 0.288 e. The molecule has 0 bridgehead atoms. The van der Waals surface area contributed by atoms with Crippen LogP contribution in [0, 0.1) is 13.0 Å². The summed E-state index contributed by atoms with van der Waals surface area (Å²) in [4.78, 5) is 14.6. The zero-order chi connectivity index (χ0) is 34.8. The smallest absolute Gasteiger partial charge is 0.288 e. The molecule has 2 aliphatic heterocycles. The number of hydrogen-bond donors (Lipinski definition) is 1. The Balaban J connectivity index is 1.53. The maximum atomic E-state index is 12.1. The standard InChI is InChI=1S/C43H58N3O2/c1-10-12-25-45-36-21-17-29(3)27-34(36)42(6,7)38(45)23-19-32-15-14-16-33(40(32)44-31(5)41(47)48)20-24-39-43(8,9)35-28-30(4)18-22-37(35)46(39)26-13-11-2/h17-18,20-22,24,27-28,31H,3,10-16,19,23,25-26H2,1-2,4-9H3,(H,47,48)/q-1/b33-20+,39-24-. The number of rotatable bonds is 13. The number of allylic oxidation sites excluding steroid dienone is 5. The third kappa shape index (κ3) is 6.88. The summed E-state index contributed by atoms with van der Waals surface area (Å²) in [6, 6.07) is 14.1. The Hall–Kier alpha value is -3.73. The third-order valence-corrected chi connectivity index (χ3v) is 10.9. The van der Waals surface area contributed by atoms with Crippen LogP contribution in [0.5, 0.6) is 0 Å². The summed E-state index contributed by atoms with van der Waals surface area (Å²) < 4.78 is 2.56. The Morgan fingerprint density at radius 2 is 1.81 bits per heavy atom. The van der Waals surface area contributed by atoms with Gasteiger partial charge < -0.3 is 19.9 Å². The normalized spacial score (nSPS) is 20.5. The van der Waals surface area contributed by atoms with Crippen molar-refractivity contribution in [2.24, 2.45) is 0 Å². The molecule has 258 valence electrons. The van der Waals surface area contributed by atoms with Gasteiger partial charge in [-0.25, -0.2) is 0 Å². The van der Waals surface area contributed by atoms with E-state index in [9.17, 15) is 9.90 Å². The van der Waals surface area contributed by atoms with Crippen molar-refractivity contribution < 1.29 is 9.90 Å². The molecule has 0 saturated carbocycles. The van der Waals surface area contributed by atoms with Crippen molar-refractivity contribution in [1.29, 1.82) is 0 Å². The van der Waals surface area contributed by atoms with E-state index < -0.39 is 12.0 Å². The molecule has 0 aromatic heterocycles. The van der Waals surface area contributed by atoms with Gasteiger partial charge in [-0.1, -0.05) is 127 Å². The van der Waals surface area contributed by atoms with Crippen molar-refractivity contribution in [3.63, 3.8) is 0 Å². The number of carboxylic acid groups (broad SMARTS) is 1. The minimum Gasteiger partial charge on any atom is -0.673 e. The van der Waals surface area contributed by atoms with Gasteiger partial charge in [0.2, 0.25) is 0 Å². The number of nitrogens with zero attached hydrogens (tertiary/aromatic N) is 3. The first-order valence-electron chi connectivity index (χ1n) is 18.4. The summed E-state index contributed by atoms with van der Waals surface area (Å²) in [5, 5.41) is 17.2. The Morgan fingerprint density at radius 1 is 1.06 bits per heavy atom. The highest BCUT2D eigenvalue weighted by Gasteiger charge is 2.40. The van der Waals surface area contributed by atoms with E-state index in [-0.39, 0.29) is 10.8 Å². The molecule has 48 heavy (non-hydrogen) atoms. The summed E-state index contributed by atoms with van der Waals surface area (Å²) >= 11 is 0. The number of unbranched alkanes of at least 4 members (excludes halogenated alkanes) is 2. The number of aliphatic carboxylic acids is 1. The molecular weight excluding hydrogens is 590 g/mol. The Labute approximate surface area is 289 Å². The predicted octanol–water partition coefficient (Wildman–Crippen LogP) is 8.99. The monoisotopic (exact) mass is 648 g/mol.